The third-order valence-corrected chi connectivity index (χ3v) is 4.30. The normalized spacial score (nSPS) is 10.8. The van der Waals surface area contributed by atoms with E-state index in [1.54, 1.807) is 6.07 Å². The van der Waals surface area contributed by atoms with E-state index < -0.39 is 23.4 Å². The summed E-state index contributed by atoms with van der Waals surface area (Å²) in [6.07, 6.45) is 2.42. The van der Waals surface area contributed by atoms with Gasteiger partial charge in [-0.3, -0.25) is 10.1 Å². The lowest BCUT2D eigenvalue weighted by Crippen LogP contribution is -2.15. The number of rotatable bonds is 5. The molecule has 9 heteroatoms. The largest absolute Gasteiger partial charge is 0.337 e. The standard InChI is InChI=1S/C21H13F3N4O2/c22-14-6-2-1-4-12(14)10-17(29)27-21-18(16-8-9-25-11-26-16)20(28-30-21)13-5-3-7-15(23)19(13)24/h1-9,11H,10H2,(H,27,29). The lowest BCUT2D eigenvalue weighted by Gasteiger charge is -2.07. The number of amides is 1. The molecular formula is C21H13F3N4O2. The predicted octanol–water partition coefficient (Wildman–Crippen LogP) is 4.40. The van der Waals surface area contributed by atoms with E-state index in [1.165, 1.54) is 48.9 Å². The SMILES string of the molecule is O=C(Cc1ccccc1F)Nc1onc(-c2cccc(F)c2F)c1-c1ccncn1. The highest BCUT2D eigenvalue weighted by Crippen LogP contribution is 2.38. The molecule has 0 saturated heterocycles. The topological polar surface area (TPSA) is 80.9 Å². The summed E-state index contributed by atoms with van der Waals surface area (Å²) in [6.45, 7) is 0. The summed E-state index contributed by atoms with van der Waals surface area (Å²) < 4.78 is 47.1. The Morgan fingerprint density at radius 1 is 1.00 bits per heavy atom. The maximum Gasteiger partial charge on any atom is 0.241 e. The number of aromatic nitrogens is 3. The zero-order valence-electron chi connectivity index (χ0n) is 15.3. The van der Waals surface area contributed by atoms with Gasteiger partial charge in [0.1, 0.15) is 17.8 Å². The van der Waals surface area contributed by atoms with Crippen LogP contribution in [-0.4, -0.2) is 21.0 Å². The van der Waals surface area contributed by atoms with Gasteiger partial charge in [0, 0.05) is 11.8 Å². The average Bonchev–Trinajstić information content (AvgIpc) is 3.15. The molecule has 0 atom stereocenters. The lowest BCUT2D eigenvalue weighted by atomic mass is 10.0. The maximum atomic E-state index is 14.4. The summed E-state index contributed by atoms with van der Waals surface area (Å²) in [5.74, 6) is -3.42. The van der Waals surface area contributed by atoms with Gasteiger partial charge in [-0.15, -0.1) is 0 Å². The number of hydrogen-bond donors (Lipinski definition) is 1. The van der Waals surface area contributed by atoms with E-state index in [0.29, 0.717) is 0 Å². The van der Waals surface area contributed by atoms with E-state index in [-0.39, 0.29) is 40.4 Å². The van der Waals surface area contributed by atoms with Crippen molar-refractivity contribution in [3.63, 3.8) is 0 Å². The fourth-order valence-corrected chi connectivity index (χ4v) is 2.91. The van der Waals surface area contributed by atoms with Crippen molar-refractivity contribution in [2.45, 2.75) is 6.42 Å². The van der Waals surface area contributed by atoms with E-state index in [4.69, 9.17) is 4.52 Å². The van der Waals surface area contributed by atoms with Gasteiger partial charge in [0.2, 0.25) is 11.8 Å². The van der Waals surface area contributed by atoms with Crippen molar-refractivity contribution in [2.75, 3.05) is 5.32 Å². The van der Waals surface area contributed by atoms with Crippen molar-refractivity contribution in [2.24, 2.45) is 0 Å². The van der Waals surface area contributed by atoms with Crippen LogP contribution in [0, 0.1) is 17.5 Å². The fourth-order valence-electron chi connectivity index (χ4n) is 2.91. The Balaban J connectivity index is 1.74. The first-order chi connectivity index (χ1) is 14.5. The van der Waals surface area contributed by atoms with Crippen LogP contribution in [0.25, 0.3) is 22.5 Å². The Hall–Kier alpha value is -4.01. The van der Waals surface area contributed by atoms with Crippen molar-refractivity contribution < 1.29 is 22.5 Å². The molecule has 0 aliphatic heterocycles. The van der Waals surface area contributed by atoms with E-state index in [2.05, 4.69) is 20.4 Å². The number of hydrogen-bond acceptors (Lipinski definition) is 5. The molecule has 0 radical (unpaired) electrons. The average molecular weight is 410 g/mol. The molecule has 0 unspecified atom stereocenters. The summed E-state index contributed by atoms with van der Waals surface area (Å²) >= 11 is 0. The molecule has 150 valence electrons. The highest BCUT2D eigenvalue weighted by atomic mass is 19.2. The molecule has 0 bridgehead atoms. The Morgan fingerprint density at radius 2 is 1.80 bits per heavy atom. The van der Waals surface area contributed by atoms with Gasteiger partial charge in [-0.05, 0) is 29.8 Å². The zero-order chi connectivity index (χ0) is 21.1. The number of anilines is 1. The first kappa shape index (κ1) is 19.3. The molecule has 2 heterocycles. The highest BCUT2D eigenvalue weighted by molar-refractivity contribution is 5.97. The van der Waals surface area contributed by atoms with E-state index in [1.807, 2.05) is 0 Å². The molecule has 0 aliphatic rings. The van der Waals surface area contributed by atoms with Crippen LogP contribution in [-0.2, 0) is 11.2 Å². The van der Waals surface area contributed by atoms with Crippen molar-refractivity contribution >= 4 is 11.8 Å². The first-order valence-electron chi connectivity index (χ1n) is 8.78. The van der Waals surface area contributed by atoms with Gasteiger partial charge < -0.3 is 4.52 Å². The number of carbonyl (C=O) groups excluding carboxylic acids is 1. The molecule has 6 nitrogen and oxygen atoms in total. The van der Waals surface area contributed by atoms with Crippen LogP contribution in [0.1, 0.15) is 5.56 Å². The van der Waals surface area contributed by atoms with E-state index in [0.717, 1.165) is 6.07 Å². The van der Waals surface area contributed by atoms with Crippen molar-refractivity contribution in [1.82, 2.24) is 15.1 Å². The van der Waals surface area contributed by atoms with Gasteiger partial charge in [0.15, 0.2) is 11.6 Å². The first-order valence-corrected chi connectivity index (χ1v) is 8.78. The minimum atomic E-state index is -1.12. The van der Waals surface area contributed by atoms with Crippen LogP contribution >= 0.6 is 0 Å². The Labute approximate surface area is 168 Å². The van der Waals surface area contributed by atoms with Crippen LogP contribution in [0.15, 0.2) is 65.6 Å². The van der Waals surface area contributed by atoms with Gasteiger partial charge in [0.25, 0.3) is 0 Å². The summed E-state index contributed by atoms with van der Waals surface area (Å²) in [5, 5.41) is 6.31. The smallest absolute Gasteiger partial charge is 0.241 e. The van der Waals surface area contributed by atoms with E-state index in [9.17, 15) is 18.0 Å². The summed E-state index contributed by atoms with van der Waals surface area (Å²) in [7, 11) is 0. The molecule has 0 fully saturated rings. The Morgan fingerprint density at radius 3 is 2.57 bits per heavy atom. The molecule has 1 amide bonds. The monoisotopic (exact) mass is 410 g/mol. The Kier molecular flexibility index (Phi) is 5.25. The predicted molar refractivity (Wildman–Crippen MR) is 102 cm³/mol. The second-order valence-electron chi connectivity index (χ2n) is 6.25. The molecule has 2 aromatic carbocycles. The van der Waals surface area contributed by atoms with Gasteiger partial charge in [-0.25, -0.2) is 23.1 Å². The van der Waals surface area contributed by atoms with Crippen molar-refractivity contribution in [3.05, 3.63) is 84.1 Å². The summed E-state index contributed by atoms with van der Waals surface area (Å²) in [5.41, 5.74) is 0.387. The zero-order valence-corrected chi connectivity index (χ0v) is 15.3. The minimum Gasteiger partial charge on any atom is -0.337 e. The van der Waals surface area contributed by atoms with E-state index >= 15 is 0 Å². The number of halogens is 3. The third kappa shape index (κ3) is 3.77. The van der Waals surface area contributed by atoms with Crippen LogP contribution in [0.2, 0.25) is 0 Å². The van der Waals surface area contributed by atoms with Crippen LogP contribution < -0.4 is 5.32 Å². The number of carbonyl (C=O) groups is 1. The van der Waals surface area contributed by atoms with Crippen molar-refractivity contribution in [3.8, 4) is 22.5 Å². The van der Waals surface area contributed by atoms with Crippen LogP contribution in [0.3, 0.4) is 0 Å². The molecular weight excluding hydrogens is 397 g/mol. The quantitative estimate of drug-likeness (QED) is 0.528. The summed E-state index contributed by atoms with van der Waals surface area (Å²) in [4.78, 5) is 20.4. The summed E-state index contributed by atoms with van der Waals surface area (Å²) in [6, 6.07) is 11.0. The molecule has 30 heavy (non-hydrogen) atoms. The number of benzene rings is 2. The lowest BCUT2D eigenvalue weighted by molar-refractivity contribution is -0.115. The van der Waals surface area contributed by atoms with Gasteiger partial charge in [-0.1, -0.05) is 29.4 Å². The van der Waals surface area contributed by atoms with Gasteiger partial charge >= 0.3 is 0 Å². The Bertz CT molecular complexity index is 1210. The second-order valence-corrected chi connectivity index (χ2v) is 6.25. The number of nitrogens with one attached hydrogen (secondary N) is 1. The molecule has 0 saturated carbocycles. The molecule has 2 aromatic heterocycles. The molecule has 0 spiro atoms. The second kappa shape index (κ2) is 8.16. The van der Waals surface area contributed by atoms with Crippen LogP contribution in [0.5, 0.6) is 0 Å². The minimum absolute atomic E-state index is 0.0492. The molecule has 4 aromatic rings. The number of nitrogens with zero attached hydrogens (tertiary/aromatic N) is 3. The molecule has 0 aliphatic carbocycles. The molecule has 1 N–H and O–H groups in total. The highest BCUT2D eigenvalue weighted by Gasteiger charge is 2.25. The van der Waals surface area contributed by atoms with Crippen LogP contribution in [0.4, 0.5) is 19.1 Å². The fraction of sp³-hybridized carbons (Fsp3) is 0.0476. The molecule has 4 rings (SSSR count). The third-order valence-electron chi connectivity index (χ3n) is 4.30. The van der Waals surface area contributed by atoms with Gasteiger partial charge in [0.05, 0.1) is 17.7 Å². The van der Waals surface area contributed by atoms with Gasteiger partial charge in [-0.2, -0.15) is 0 Å². The maximum absolute atomic E-state index is 14.4. The van der Waals surface area contributed by atoms with Crippen molar-refractivity contribution in [1.29, 1.82) is 0 Å².